The average molecular weight is 361 g/mol. The third-order valence-corrected chi connectivity index (χ3v) is 9.66. The Morgan fingerprint density at radius 3 is 2.69 bits per heavy atom. The van der Waals surface area contributed by atoms with Crippen molar-refractivity contribution in [3.63, 3.8) is 0 Å². The molecule has 0 aliphatic heterocycles. The van der Waals surface area contributed by atoms with Gasteiger partial charge in [0.25, 0.3) is 0 Å². The van der Waals surface area contributed by atoms with Crippen LogP contribution >= 0.6 is 0 Å². The fourth-order valence-electron chi connectivity index (χ4n) is 8.23. The summed E-state index contributed by atoms with van der Waals surface area (Å²) in [6, 6.07) is 0. The Labute approximate surface area is 160 Å². The first kappa shape index (κ1) is 19.0. The van der Waals surface area contributed by atoms with Gasteiger partial charge >= 0.3 is 0 Å². The quantitative estimate of drug-likeness (QED) is 0.665. The highest BCUT2D eigenvalue weighted by Gasteiger charge is 2.58. The van der Waals surface area contributed by atoms with E-state index in [1.165, 1.54) is 44.9 Å². The van der Waals surface area contributed by atoms with E-state index in [4.69, 9.17) is 0 Å². The van der Waals surface area contributed by atoms with Gasteiger partial charge in [0.15, 0.2) is 0 Å². The maximum atomic E-state index is 10.2. The lowest BCUT2D eigenvalue weighted by Gasteiger charge is -2.58. The zero-order chi connectivity index (χ0) is 18.5. The van der Waals surface area contributed by atoms with Crippen molar-refractivity contribution in [2.75, 3.05) is 6.61 Å². The molecule has 26 heavy (non-hydrogen) atoms. The zero-order valence-electron chi connectivity index (χ0n) is 17.2. The van der Waals surface area contributed by atoms with Crippen LogP contribution in [0.3, 0.4) is 0 Å². The second kappa shape index (κ2) is 6.92. The highest BCUT2D eigenvalue weighted by molar-refractivity contribution is 5.25. The Hall–Kier alpha value is -0.340. The van der Waals surface area contributed by atoms with E-state index in [1.807, 2.05) is 0 Å². The Morgan fingerprint density at radius 2 is 1.92 bits per heavy atom. The highest BCUT2D eigenvalue weighted by Crippen LogP contribution is 2.67. The molecule has 0 saturated heterocycles. The van der Waals surface area contributed by atoms with Crippen LogP contribution < -0.4 is 0 Å². The van der Waals surface area contributed by atoms with E-state index in [0.717, 1.165) is 48.9 Å². The molecule has 4 aliphatic carbocycles. The molecule has 148 valence electrons. The Bertz CT molecular complexity index is 554. The van der Waals surface area contributed by atoms with Gasteiger partial charge in [-0.05, 0) is 105 Å². The first-order valence-corrected chi connectivity index (χ1v) is 11.4. The van der Waals surface area contributed by atoms with Crippen molar-refractivity contribution in [1.82, 2.24) is 0 Å². The summed E-state index contributed by atoms with van der Waals surface area (Å²) in [5.41, 5.74) is 2.47. The van der Waals surface area contributed by atoms with Crippen LogP contribution in [0.1, 0.15) is 85.0 Å². The van der Waals surface area contributed by atoms with E-state index in [-0.39, 0.29) is 6.10 Å². The number of aliphatic hydroxyl groups is 2. The van der Waals surface area contributed by atoms with Gasteiger partial charge in [-0.3, -0.25) is 0 Å². The predicted octanol–water partition coefficient (Wildman–Crippen LogP) is 5.33. The van der Waals surface area contributed by atoms with Gasteiger partial charge in [0, 0.05) is 6.61 Å². The smallest absolute Gasteiger partial charge is 0.0577 e. The van der Waals surface area contributed by atoms with Crippen molar-refractivity contribution in [3.8, 4) is 0 Å². The molecule has 0 amide bonds. The number of rotatable bonds is 4. The lowest BCUT2D eigenvalue weighted by Crippen LogP contribution is -2.50. The van der Waals surface area contributed by atoms with Crippen molar-refractivity contribution >= 4 is 0 Å². The molecule has 0 aromatic rings. The highest BCUT2D eigenvalue weighted by atomic mass is 16.3. The molecule has 0 aromatic carbocycles. The number of aliphatic hydroxyl groups excluding tert-OH is 2. The molecule has 2 nitrogen and oxygen atoms in total. The molecule has 3 fully saturated rings. The number of allylic oxidation sites excluding steroid dienone is 1. The van der Waals surface area contributed by atoms with Gasteiger partial charge in [-0.1, -0.05) is 32.4 Å². The first-order valence-electron chi connectivity index (χ1n) is 11.4. The summed E-state index contributed by atoms with van der Waals surface area (Å²) in [7, 11) is 0. The second-order valence-corrected chi connectivity index (χ2v) is 10.7. The van der Waals surface area contributed by atoms with Gasteiger partial charge in [-0.25, -0.2) is 0 Å². The predicted molar refractivity (Wildman–Crippen MR) is 107 cm³/mol. The maximum absolute atomic E-state index is 10.2. The van der Waals surface area contributed by atoms with E-state index < -0.39 is 0 Å². The van der Waals surface area contributed by atoms with Crippen LogP contribution in [0.2, 0.25) is 0 Å². The van der Waals surface area contributed by atoms with Gasteiger partial charge in [0.05, 0.1) is 6.10 Å². The van der Waals surface area contributed by atoms with Crippen LogP contribution in [0.4, 0.5) is 0 Å². The second-order valence-electron chi connectivity index (χ2n) is 10.7. The Kier molecular flexibility index (Phi) is 5.06. The van der Waals surface area contributed by atoms with Crippen LogP contribution in [0.25, 0.3) is 0 Å². The van der Waals surface area contributed by atoms with Crippen LogP contribution in [0.15, 0.2) is 11.6 Å². The summed E-state index contributed by atoms with van der Waals surface area (Å²) in [5, 5.41) is 19.4. The average Bonchev–Trinajstić information content (AvgIpc) is 2.97. The minimum atomic E-state index is -0.0945. The summed E-state index contributed by atoms with van der Waals surface area (Å²) in [4.78, 5) is 0. The lowest BCUT2D eigenvalue weighted by molar-refractivity contribution is -0.0574. The van der Waals surface area contributed by atoms with Crippen LogP contribution in [-0.2, 0) is 0 Å². The molecular formula is C24H40O2. The molecule has 8 atom stereocenters. The molecule has 4 rings (SSSR count). The van der Waals surface area contributed by atoms with Crippen molar-refractivity contribution in [2.45, 2.75) is 91.1 Å². The largest absolute Gasteiger partial charge is 0.396 e. The summed E-state index contributed by atoms with van der Waals surface area (Å²) in [5.74, 6) is 4.21. The van der Waals surface area contributed by atoms with Crippen molar-refractivity contribution in [1.29, 1.82) is 0 Å². The molecule has 2 N–H and O–H groups in total. The van der Waals surface area contributed by atoms with E-state index in [2.05, 4.69) is 26.8 Å². The molecular weight excluding hydrogens is 320 g/mol. The minimum Gasteiger partial charge on any atom is -0.396 e. The monoisotopic (exact) mass is 360 g/mol. The Balaban J connectivity index is 1.56. The lowest BCUT2D eigenvalue weighted by atomic mass is 9.47. The van der Waals surface area contributed by atoms with E-state index in [1.54, 1.807) is 5.57 Å². The standard InChI is InChI=1S/C24H40O2/c1-16(5-4-14-25)20-8-9-21-19-7-6-17-15-18(26)10-12-23(17,2)22(19)11-13-24(20,21)3/h6,16,18-22,25-26H,4-5,7-15H2,1-3H3/t16-,18?,19?,20-,21?,22?,23+,24-/m1/s1. The molecule has 0 heterocycles. The molecule has 0 aromatic heterocycles. The molecule has 4 aliphatic rings. The summed E-state index contributed by atoms with van der Waals surface area (Å²) < 4.78 is 0. The van der Waals surface area contributed by atoms with Gasteiger partial charge in [-0.15, -0.1) is 0 Å². The molecule has 0 bridgehead atoms. The van der Waals surface area contributed by atoms with Crippen LogP contribution in [-0.4, -0.2) is 22.9 Å². The van der Waals surface area contributed by atoms with Crippen LogP contribution in [0.5, 0.6) is 0 Å². The molecule has 2 heteroatoms. The van der Waals surface area contributed by atoms with Crippen LogP contribution in [0, 0.1) is 40.4 Å². The van der Waals surface area contributed by atoms with Gasteiger partial charge in [0.1, 0.15) is 0 Å². The Morgan fingerprint density at radius 1 is 1.12 bits per heavy atom. The third-order valence-electron chi connectivity index (χ3n) is 9.66. The fourth-order valence-corrected chi connectivity index (χ4v) is 8.23. The molecule has 0 radical (unpaired) electrons. The summed E-state index contributed by atoms with van der Waals surface area (Å²) >= 11 is 0. The summed E-state index contributed by atoms with van der Waals surface area (Å²) in [6.45, 7) is 7.94. The normalized spacial score (nSPS) is 49.0. The minimum absolute atomic E-state index is 0.0945. The van der Waals surface area contributed by atoms with Gasteiger partial charge in [-0.2, -0.15) is 0 Å². The molecule has 3 saturated carbocycles. The number of hydrogen-bond donors (Lipinski definition) is 2. The van der Waals surface area contributed by atoms with Crippen molar-refractivity contribution in [2.24, 2.45) is 40.4 Å². The van der Waals surface area contributed by atoms with Gasteiger partial charge in [0.2, 0.25) is 0 Å². The number of fused-ring (bicyclic) bond motifs is 5. The zero-order valence-corrected chi connectivity index (χ0v) is 17.2. The summed E-state index contributed by atoms with van der Waals surface area (Å²) in [6.07, 6.45) is 14.6. The third kappa shape index (κ3) is 2.82. The van der Waals surface area contributed by atoms with E-state index >= 15 is 0 Å². The fraction of sp³-hybridized carbons (Fsp3) is 0.917. The van der Waals surface area contributed by atoms with E-state index in [9.17, 15) is 10.2 Å². The first-order chi connectivity index (χ1) is 12.4. The van der Waals surface area contributed by atoms with E-state index in [0.29, 0.717) is 17.4 Å². The molecule has 4 unspecified atom stereocenters. The maximum Gasteiger partial charge on any atom is 0.0577 e. The van der Waals surface area contributed by atoms with Gasteiger partial charge < -0.3 is 10.2 Å². The number of hydrogen-bond acceptors (Lipinski definition) is 2. The topological polar surface area (TPSA) is 40.5 Å². The molecule has 0 spiro atoms. The van der Waals surface area contributed by atoms with Crippen molar-refractivity contribution < 1.29 is 10.2 Å². The van der Waals surface area contributed by atoms with Crippen molar-refractivity contribution in [3.05, 3.63) is 11.6 Å². The SMILES string of the molecule is C[C@H](CCCO)[C@H]1CCC2C3CC=C4CC(O)CC[C@]4(C)C3CC[C@@]21C.